The van der Waals surface area contributed by atoms with E-state index in [4.69, 9.17) is 0 Å². The highest BCUT2D eigenvalue weighted by Crippen LogP contribution is 2.13. The van der Waals surface area contributed by atoms with Crippen molar-refractivity contribution in [3.05, 3.63) is 16.1 Å². The van der Waals surface area contributed by atoms with Crippen LogP contribution in [0.3, 0.4) is 0 Å². The molecular weight excluding hydrogens is 256 g/mol. The molecule has 0 amide bonds. The third kappa shape index (κ3) is 4.04. The van der Waals surface area contributed by atoms with Gasteiger partial charge in [-0.25, -0.2) is 13.4 Å². The monoisotopic (exact) mass is 274 g/mol. The standard InChI is InChI=1S/C11H18N2O2S2/c1-9-8-16-11(13-9)2-5-12-10-3-6-17(14,15)7-4-10/h8,10,12H,2-7H2,1H3. The topological polar surface area (TPSA) is 59.1 Å². The Morgan fingerprint density at radius 3 is 2.76 bits per heavy atom. The summed E-state index contributed by atoms with van der Waals surface area (Å²) in [6, 6.07) is 0.361. The zero-order valence-corrected chi connectivity index (χ0v) is 11.6. The molecule has 0 bridgehead atoms. The molecule has 0 radical (unpaired) electrons. The van der Waals surface area contributed by atoms with Gasteiger partial charge < -0.3 is 5.32 Å². The van der Waals surface area contributed by atoms with Gasteiger partial charge >= 0.3 is 0 Å². The van der Waals surface area contributed by atoms with E-state index in [0.29, 0.717) is 17.5 Å². The normalized spacial score (nSPS) is 20.5. The molecule has 17 heavy (non-hydrogen) atoms. The number of nitrogens with zero attached hydrogens (tertiary/aromatic N) is 1. The first kappa shape index (κ1) is 13.0. The maximum absolute atomic E-state index is 11.3. The van der Waals surface area contributed by atoms with Gasteiger partial charge in [0.1, 0.15) is 9.84 Å². The van der Waals surface area contributed by atoms with Crippen molar-refractivity contribution in [3.63, 3.8) is 0 Å². The second-order valence-corrected chi connectivity index (χ2v) is 7.76. The van der Waals surface area contributed by atoms with Crippen LogP contribution in [0, 0.1) is 6.92 Å². The van der Waals surface area contributed by atoms with Crippen molar-refractivity contribution in [2.75, 3.05) is 18.1 Å². The summed E-state index contributed by atoms with van der Waals surface area (Å²) in [7, 11) is -2.74. The first-order chi connectivity index (χ1) is 8.05. The molecule has 96 valence electrons. The molecule has 1 fully saturated rings. The van der Waals surface area contributed by atoms with E-state index in [0.717, 1.165) is 36.5 Å². The third-order valence-corrected chi connectivity index (χ3v) is 5.73. The Balaban J connectivity index is 1.70. The van der Waals surface area contributed by atoms with Crippen LogP contribution < -0.4 is 5.32 Å². The van der Waals surface area contributed by atoms with Crippen LogP contribution in [0.25, 0.3) is 0 Å². The number of rotatable bonds is 4. The second kappa shape index (κ2) is 5.46. The fraction of sp³-hybridized carbons (Fsp3) is 0.727. The predicted octanol–water partition coefficient (Wildman–Crippen LogP) is 1.16. The fourth-order valence-corrected chi connectivity index (χ4v) is 4.26. The molecular formula is C11H18N2O2S2. The molecule has 1 aliphatic heterocycles. The van der Waals surface area contributed by atoms with Gasteiger partial charge in [0.15, 0.2) is 0 Å². The Labute approximate surface area is 106 Å². The molecule has 0 unspecified atom stereocenters. The lowest BCUT2D eigenvalue weighted by Crippen LogP contribution is -2.38. The minimum Gasteiger partial charge on any atom is -0.313 e. The number of aromatic nitrogens is 1. The van der Waals surface area contributed by atoms with Crippen molar-refractivity contribution in [1.29, 1.82) is 0 Å². The first-order valence-corrected chi connectivity index (χ1v) is 8.60. The van der Waals surface area contributed by atoms with Gasteiger partial charge in [-0.3, -0.25) is 0 Å². The largest absolute Gasteiger partial charge is 0.313 e. The van der Waals surface area contributed by atoms with Gasteiger partial charge in [-0.1, -0.05) is 0 Å². The minimum absolute atomic E-state index is 0.334. The lowest BCUT2D eigenvalue weighted by atomic mass is 10.1. The average molecular weight is 274 g/mol. The molecule has 1 aliphatic rings. The van der Waals surface area contributed by atoms with Crippen molar-refractivity contribution in [2.24, 2.45) is 0 Å². The molecule has 1 aromatic rings. The highest BCUT2D eigenvalue weighted by atomic mass is 32.2. The van der Waals surface area contributed by atoms with Crippen molar-refractivity contribution >= 4 is 21.2 Å². The van der Waals surface area contributed by atoms with Crippen LogP contribution in [0.2, 0.25) is 0 Å². The van der Waals surface area contributed by atoms with Crippen molar-refractivity contribution < 1.29 is 8.42 Å². The molecule has 6 heteroatoms. The average Bonchev–Trinajstić information content (AvgIpc) is 2.67. The van der Waals surface area contributed by atoms with E-state index >= 15 is 0 Å². The summed E-state index contributed by atoms with van der Waals surface area (Å²) in [5, 5.41) is 6.63. The van der Waals surface area contributed by atoms with Crippen molar-refractivity contribution in [2.45, 2.75) is 32.2 Å². The van der Waals surface area contributed by atoms with Crippen molar-refractivity contribution in [3.8, 4) is 0 Å². The lowest BCUT2D eigenvalue weighted by Gasteiger charge is -2.22. The van der Waals surface area contributed by atoms with Crippen LogP contribution in [0.1, 0.15) is 23.5 Å². The van der Waals surface area contributed by atoms with E-state index < -0.39 is 9.84 Å². The summed E-state index contributed by atoms with van der Waals surface area (Å²) < 4.78 is 22.5. The summed E-state index contributed by atoms with van der Waals surface area (Å²) >= 11 is 1.69. The molecule has 0 aromatic carbocycles. The molecule has 0 aliphatic carbocycles. The van der Waals surface area contributed by atoms with E-state index in [1.54, 1.807) is 11.3 Å². The summed E-state index contributed by atoms with van der Waals surface area (Å²) in [6.45, 7) is 2.89. The van der Waals surface area contributed by atoms with Gasteiger partial charge in [0.2, 0.25) is 0 Å². The van der Waals surface area contributed by atoms with Crippen molar-refractivity contribution in [1.82, 2.24) is 10.3 Å². The molecule has 1 N–H and O–H groups in total. The van der Waals surface area contributed by atoms with Crippen LogP contribution in [-0.2, 0) is 16.3 Å². The zero-order valence-electron chi connectivity index (χ0n) is 9.98. The Morgan fingerprint density at radius 1 is 1.47 bits per heavy atom. The predicted molar refractivity (Wildman–Crippen MR) is 70.2 cm³/mol. The van der Waals surface area contributed by atoms with Gasteiger partial charge in [-0.05, 0) is 19.8 Å². The van der Waals surface area contributed by atoms with Gasteiger partial charge in [0.05, 0.1) is 16.5 Å². The third-order valence-electron chi connectivity index (χ3n) is 2.99. The van der Waals surface area contributed by atoms with Gasteiger partial charge in [0, 0.05) is 30.1 Å². The van der Waals surface area contributed by atoms with Crippen LogP contribution in [-0.4, -0.2) is 37.5 Å². The smallest absolute Gasteiger partial charge is 0.150 e. The molecule has 1 aromatic heterocycles. The number of thiazole rings is 1. The lowest BCUT2D eigenvalue weighted by molar-refractivity contribution is 0.466. The summed E-state index contributed by atoms with van der Waals surface area (Å²) in [5.41, 5.74) is 1.08. The molecule has 1 saturated heterocycles. The second-order valence-electron chi connectivity index (χ2n) is 4.51. The summed E-state index contributed by atoms with van der Waals surface area (Å²) in [6.07, 6.45) is 2.43. The van der Waals surface area contributed by atoms with Crippen LogP contribution >= 0.6 is 11.3 Å². The molecule has 4 nitrogen and oxygen atoms in total. The maximum atomic E-state index is 11.3. The number of aryl methyl sites for hydroxylation is 1. The summed E-state index contributed by atoms with van der Waals surface area (Å²) in [4.78, 5) is 4.40. The van der Waals surface area contributed by atoms with E-state index in [-0.39, 0.29) is 0 Å². The molecule has 2 rings (SSSR count). The van der Waals surface area contributed by atoms with E-state index in [2.05, 4.69) is 15.7 Å². The quantitative estimate of drug-likeness (QED) is 0.895. The fourth-order valence-electron chi connectivity index (χ4n) is 1.99. The van der Waals surface area contributed by atoms with Crippen LogP contribution in [0.4, 0.5) is 0 Å². The molecule has 2 heterocycles. The van der Waals surface area contributed by atoms with E-state index in [1.165, 1.54) is 0 Å². The number of hydrogen-bond donors (Lipinski definition) is 1. The van der Waals surface area contributed by atoms with Gasteiger partial charge in [-0.15, -0.1) is 11.3 Å². The van der Waals surface area contributed by atoms with E-state index in [1.807, 2.05) is 6.92 Å². The minimum atomic E-state index is -2.74. The van der Waals surface area contributed by atoms with Gasteiger partial charge in [0.25, 0.3) is 0 Å². The highest BCUT2D eigenvalue weighted by Gasteiger charge is 2.22. The zero-order chi connectivity index (χ0) is 12.3. The highest BCUT2D eigenvalue weighted by molar-refractivity contribution is 7.91. The Bertz CT molecular complexity index is 454. The molecule has 0 atom stereocenters. The van der Waals surface area contributed by atoms with Crippen LogP contribution in [0.15, 0.2) is 5.38 Å². The molecule has 0 saturated carbocycles. The number of nitrogens with one attached hydrogen (secondary N) is 1. The van der Waals surface area contributed by atoms with Crippen LogP contribution in [0.5, 0.6) is 0 Å². The number of hydrogen-bond acceptors (Lipinski definition) is 5. The molecule has 0 spiro atoms. The van der Waals surface area contributed by atoms with E-state index in [9.17, 15) is 8.42 Å². The Kier molecular flexibility index (Phi) is 4.17. The maximum Gasteiger partial charge on any atom is 0.150 e. The Morgan fingerprint density at radius 2 is 2.18 bits per heavy atom. The number of sulfone groups is 1. The van der Waals surface area contributed by atoms with Gasteiger partial charge in [-0.2, -0.15) is 0 Å². The summed E-state index contributed by atoms with van der Waals surface area (Å²) in [5.74, 6) is 0.669. The first-order valence-electron chi connectivity index (χ1n) is 5.90. The Hall–Kier alpha value is -0.460. The SMILES string of the molecule is Cc1csc(CCNC2CCS(=O)(=O)CC2)n1.